The van der Waals surface area contributed by atoms with E-state index in [9.17, 15) is 0 Å². The summed E-state index contributed by atoms with van der Waals surface area (Å²) in [5.74, 6) is 0.911. The maximum absolute atomic E-state index is 4.64. The highest BCUT2D eigenvalue weighted by Gasteiger charge is 2.08. The van der Waals surface area contributed by atoms with Crippen molar-refractivity contribution in [1.82, 2.24) is 15.6 Å². The summed E-state index contributed by atoms with van der Waals surface area (Å²) in [6.45, 7) is 11.6. The lowest BCUT2D eigenvalue weighted by atomic mass is 9.90. The smallest absolute Gasteiger partial charge is 0.191 e. The van der Waals surface area contributed by atoms with Gasteiger partial charge >= 0.3 is 0 Å². The van der Waals surface area contributed by atoms with Gasteiger partial charge in [0.1, 0.15) is 0 Å². The van der Waals surface area contributed by atoms with Crippen LogP contribution in [0.1, 0.15) is 52.7 Å². The van der Waals surface area contributed by atoms with Crippen LogP contribution >= 0.6 is 0 Å². The molecule has 0 aromatic carbocycles. The summed E-state index contributed by atoms with van der Waals surface area (Å²) in [5, 5.41) is 6.67. The van der Waals surface area contributed by atoms with Crippen LogP contribution in [0.4, 0.5) is 0 Å². The first-order valence-corrected chi connectivity index (χ1v) is 8.43. The van der Waals surface area contributed by atoms with Crippen molar-refractivity contribution in [2.75, 3.05) is 19.6 Å². The van der Waals surface area contributed by atoms with E-state index < -0.39 is 0 Å². The largest absolute Gasteiger partial charge is 0.357 e. The molecule has 0 aliphatic rings. The van der Waals surface area contributed by atoms with Crippen LogP contribution in [0.2, 0.25) is 0 Å². The fraction of sp³-hybridized carbons (Fsp3) is 0.667. The summed E-state index contributed by atoms with van der Waals surface area (Å²) in [7, 11) is 0. The fourth-order valence-corrected chi connectivity index (χ4v) is 2.15. The third-order valence-corrected chi connectivity index (χ3v) is 3.35. The molecule has 0 saturated carbocycles. The second-order valence-corrected chi connectivity index (χ2v) is 6.78. The molecule has 2 N–H and O–H groups in total. The van der Waals surface area contributed by atoms with Gasteiger partial charge in [0.2, 0.25) is 0 Å². The van der Waals surface area contributed by atoms with Crippen molar-refractivity contribution < 1.29 is 0 Å². The minimum atomic E-state index is 0.426. The van der Waals surface area contributed by atoms with Gasteiger partial charge in [-0.2, -0.15) is 0 Å². The number of aliphatic imine (C=N–C) groups is 1. The Morgan fingerprint density at radius 1 is 1.18 bits per heavy atom. The fourth-order valence-electron chi connectivity index (χ4n) is 2.15. The number of aromatic nitrogens is 1. The van der Waals surface area contributed by atoms with Gasteiger partial charge in [-0.05, 0) is 37.3 Å². The molecule has 1 heterocycles. The lowest BCUT2D eigenvalue weighted by Gasteiger charge is -2.17. The average Bonchev–Trinajstić information content (AvgIpc) is 2.47. The molecule has 0 amide bonds. The zero-order valence-corrected chi connectivity index (χ0v) is 14.7. The first kappa shape index (κ1) is 18.5. The Morgan fingerprint density at radius 2 is 2.00 bits per heavy atom. The van der Waals surface area contributed by atoms with Crippen LogP contribution < -0.4 is 10.6 Å². The van der Waals surface area contributed by atoms with Crippen molar-refractivity contribution in [2.24, 2.45) is 10.4 Å². The Labute approximate surface area is 135 Å². The Balaban J connectivity index is 2.26. The van der Waals surface area contributed by atoms with Crippen LogP contribution in [0.25, 0.3) is 0 Å². The van der Waals surface area contributed by atoms with E-state index in [-0.39, 0.29) is 0 Å². The van der Waals surface area contributed by atoms with Crippen LogP contribution in [0.5, 0.6) is 0 Å². The maximum Gasteiger partial charge on any atom is 0.191 e. The zero-order chi connectivity index (χ0) is 16.3. The van der Waals surface area contributed by atoms with E-state index in [4.69, 9.17) is 0 Å². The Hall–Kier alpha value is -1.58. The molecule has 0 bridgehead atoms. The molecule has 0 aliphatic carbocycles. The van der Waals surface area contributed by atoms with Gasteiger partial charge < -0.3 is 10.6 Å². The topological polar surface area (TPSA) is 49.3 Å². The van der Waals surface area contributed by atoms with Crippen LogP contribution in [0, 0.1) is 5.41 Å². The van der Waals surface area contributed by atoms with Gasteiger partial charge in [-0.25, -0.2) is 0 Å². The van der Waals surface area contributed by atoms with Gasteiger partial charge in [-0.3, -0.25) is 9.98 Å². The molecule has 0 saturated heterocycles. The van der Waals surface area contributed by atoms with E-state index in [0.29, 0.717) is 5.41 Å². The molecule has 124 valence electrons. The van der Waals surface area contributed by atoms with Gasteiger partial charge in [-0.1, -0.05) is 33.3 Å². The summed E-state index contributed by atoms with van der Waals surface area (Å²) < 4.78 is 0. The number of rotatable bonds is 8. The lowest BCUT2D eigenvalue weighted by Crippen LogP contribution is -2.38. The number of hydrogen-bond acceptors (Lipinski definition) is 2. The van der Waals surface area contributed by atoms with E-state index in [1.54, 1.807) is 0 Å². The van der Waals surface area contributed by atoms with E-state index in [0.717, 1.165) is 44.1 Å². The molecule has 0 unspecified atom stereocenters. The standard InChI is InChI=1S/C18H32N4/c1-5-19-17(21-14-9-7-12-18(2,3)4)22-15-11-16-10-6-8-13-20-16/h6,8,10,13H,5,7,9,11-12,14-15H2,1-4H3,(H2,19,21,22). The molecule has 4 heteroatoms. The number of unbranched alkanes of at least 4 members (excludes halogenated alkanes) is 1. The van der Waals surface area contributed by atoms with E-state index >= 15 is 0 Å². The predicted octanol–water partition coefficient (Wildman–Crippen LogP) is 3.40. The summed E-state index contributed by atoms with van der Waals surface area (Å²) in [4.78, 5) is 8.97. The van der Waals surface area contributed by atoms with E-state index in [1.807, 2.05) is 18.3 Å². The summed E-state index contributed by atoms with van der Waals surface area (Å²) in [6, 6.07) is 6.02. The Kier molecular flexibility index (Phi) is 8.56. The molecule has 0 aliphatic heterocycles. The van der Waals surface area contributed by atoms with E-state index in [1.165, 1.54) is 12.8 Å². The second-order valence-electron chi connectivity index (χ2n) is 6.78. The summed E-state index contributed by atoms with van der Waals surface area (Å²) >= 11 is 0. The van der Waals surface area contributed by atoms with Gasteiger partial charge in [-0.15, -0.1) is 0 Å². The number of guanidine groups is 1. The molecule has 1 aromatic heterocycles. The number of hydrogen-bond donors (Lipinski definition) is 2. The first-order valence-electron chi connectivity index (χ1n) is 8.43. The zero-order valence-electron chi connectivity index (χ0n) is 14.7. The monoisotopic (exact) mass is 304 g/mol. The third kappa shape index (κ3) is 9.37. The Bertz CT molecular complexity index is 420. The van der Waals surface area contributed by atoms with Crippen LogP contribution in [-0.4, -0.2) is 30.6 Å². The first-order chi connectivity index (χ1) is 10.5. The minimum absolute atomic E-state index is 0.426. The van der Waals surface area contributed by atoms with Crippen LogP contribution in [0.3, 0.4) is 0 Å². The summed E-state index contributed by atoms with van der Waals surface area (Å²) in [5.41, 5.74) is 1.53. The van der Waals surface area contributed by atoms with Gasteiger partial charge in [0.05, 0.1) is 0 Å². The maximum atomic E-state index is 4.64. The van der Waals surface area contributed by atoms with E-state index in [2.05, 4.69) is 54.4 Å². The molecule has 1 rings (SSSR count). The highest BCUT2D eigenvalue weighted by atomic mass is 15.2. The molecular weight excluding hydrogens is 272 g/mol. The molecule has 1 aromatic rings. The third-order valence-electron chi connectivity index (χ3n) is 3.35. The lowest BCUT2D eigenvalue weighted by molar-refractivity contribution is 0.361. The normalized spacial score (nSPS) is 12.3. The van der Waals surface area contributed by atoms with Crippen molar-refractivity contribution in [3.63, 3.8) is 0 Å². The highest BCUT2D eigenvalue weighted by Crippen LogP contribution is 2.21. The van der Waals surface area contributed by atoms with Crippen molar-refractivity contribution in [2.45, 2.75) is 53.4 Å². The molecule has 0 fully saturated rings. The summed E-state index contributed by atoms with van der Waals surface area (Å²) in [6.07, 6.45) is 6.39. The minimum Gasteiger partial charge on any atom is -0.357 e. The molecule has 0 radical (unpaired) electrons. The van der Waals surface area contributed by atoms with Gasteiger partial charge in [0.25, 0.3) is 0 Å². The Morgan fingerprint density at radius 3 is 2.64 bits per heavy atom. The second kappa shape index (κ2) is 10.2. The quantitative estimate of drug-likeness (QED) is 0.440. The molecule has 4 nitrogen and oxygen atoms in total. The van der Waals surface area contributed by atoms with Crippen molar-refractivity contribution in [3.8, 4) is 0 Å². The predicted molar refractivity (Wildman–Crippen MR) is 95.2 cm³/mol. The van der Waals surface area contributed by atoms with Gasteiger partial charge in [0, 0.05) is 37.9 Å². The molecule has 0 atom stereocenters. The SMILES string of the molecule is CCNC(=NCCCCC(C)(C)C)NCCc1ccccn1. The van der Waals surface area contributed by atoms with Crippen molar-refractivity contribution in [1.29, 1.82) is 0 Å². The molecular formula is C18H32N4. The van der Waals surface area contributed by atoms with Crippen LogP contribution in [-0.2, 0) is 6.42 Å². The number of pyridine rings is 1. The number of nitrogens with one attached hydrogen (secondary N) is 2. The van der Waals surface area contributed by atoms with Crippen molar-refractivity contribution >= 4 is 5.96 Å². The van der Waals surface area contributed by atoms with Crippen molar-refractivity contribution in [3.05, 3.63) is 30.1 Å². The molecule has 22 heavy (non-hydrogen) atoms. The van der Waals surface area contributed by atoms with Gasteiger partial charge in [0.15, 0.2) is 5.96 Å². The number of nitrogens with zero attached hydrogens (tertiary/aromatic N) is 2. The highest BCUT2D eigenvalue weighted by molar-refractivity contribution is 5.79. The average molecular weight is 304 g/mol. The van der Waals surface area contributed by atoms with Crippen LogP contribution in [0.15, 0.2) is 29.4 Å². The molecule has 0 spiro atoms.